The lowest BCUT2D eigenvalue weighted by molar-refractivity contribution is -0.188. The maximum absolute atomic E-state index is 13.8. The number of allylic oxidation sites excluding steroid dienone is 2. The van der Waals surface area contributed by atoms with Gasteiger partial charge >= 0.3 is 0 Å². The molecule has 40 heavy (non-hydrogen) atoms. The maximum atomic E-state index is 13.8. The predicted octanol–water partition coefficient (Wildman–Crippen LogP) is 6.62. The Kier molecular flexibility index (Phi) is 7.67. The fourth-order valence-corrected chi connectivity index (χ4v) is 10.4. The van der Waals surface area contributed by atoms with Gasteiger partial charge < -0.3 is 0 Å². The minimum absolute atomic E-state index is 0.0403. The lowest BCUT2D eigenvalue weighted by Crippen LogP contribution is -2.64. The molecule has 1 N–H and O–H groups in total. The summed E-state index contributed by atoms with van der Waals surface area (Å²) in [6.07, 6.45) is 11.3. The number of nitrogens with one attached hydrogen (secondary N) is 1. The molecule has 4 rings (SSSR count). The first-order valence-electron chi connectivity index (χ1n) is 15.3. The van der Waals surface area contributed by atoms with Crippen LogP contribution in [-0.4, -0.2) is 32.8 Å². The summed E-state index contributed by atoms with van der Waals surface area (Å²) in [5, 5.41) is 9.90. The molecule has 4 aliphatic rings. The van der Waals surface area contributed by atoms with Crippen LogP contribution in [0.2, 0.25) is 0 Å². The monoisotopic (exact) mass is 572 g/mol. The van der Waals surface area contributed by atoms with E-state index in [0.29, 0.717) is 13.0 Å². The van der Waals surface area contributed by atoms with Gasteiger partial charge in [0.05, 0.1) is 11.8 Å². The van der Waals surface area contributed by atoms with Gasteiger partial charge in [0.1, 0.15) is 11.9 Å². The Morgan fingerprint density at radius 3 is 2.10 bits per heavy atom. The van der Waals surface area contributed by atoms with Crippen LogP contribution in [0, 0.1) is 61.6 Å². The fraction of sp³-hybridized carbons (Fsp3) is 0.848. The second-order valence-corrected chi connectivity index (χ2v) is 18.0. The highest BCUT2D eigenvalue weighted by molar-refractivity contribution is 7.88. The smallest absolute Gasteiger partial charge is 0.208 e. The third-order valence-corrected chi connectivity index (χ3v) is 13.9. The molecule has 0 amide bonds. The molecule has 0 aromatic heterocycles. The van der Waals surface area contributed by atoms with E-state index >= 15 is 0 Å². The summed E-state index contributed by atoms with van der Waals surface area (Å²) in [4.78, 5) is 27.1. The average molecular weight is 573 g/mol. The van der Waals surface area contributed by atoms with Crippen LogP contribution in [0.15, 0.2) is 11.6 Å². The van der Waals surface area contributed by atoms with Crippen LogP contribution in [0.25, 0.3) is 0 Å². The average Bonchev–Trinajstić information content (AvgIpc) is 2.85. The number of rotatable bonds is 6. The van der Waals surface area contributed by atoms with Crippen LogP contribution in [-0.2, 0) is 19.6 Å². The van der Waals surface area contributed by atoms with Crippen LogP contribution in [0.5, 0.6) is 0 Å². The minimum atomic E-state index is -3.31. The molecular weight excluding hydrogens is 520 g/mol. The highest BCUT2D eigenvalue weighted by atomic mass is 32.2. The number of hydrogen-bond acceptors (Lipinski definition) is 5. The van der Waals surface area contributed by atoms with E-state index in [1.807, 2.05) is 19.9 Å². The van der Waals surface area contributed by atoms with Crippen molar-refractivity contribution in [2.75, 3.05) is 12.8 Å². The largest absolute Gasteiger partial charge is 0.299 e. The van der Waals surface area contributed by atoms with E-state index in [2.05, 4.69) is 52.3 Å². The van der Waals surface area contributed by atoms with Gasteiger partial charge in [0.2, 0.25) is 10.0 Å². The summed E-state index contributed by atoms with van der Waals surface area (Å²) in [5.74, 6) is 0.227. The molecule has 3 saturated carbocycles. The van der Waals surface area contributed by atoms with Crippen molar-refractivity contribution in [3.8, 4) is 6.07 Å². The van der Waals surface area contributed by atoms with Crippen molar-refractivity contribution in [1.29, 1.82) is 5.26 Å². The Bertz CT molecular complexity index is 1250. The third kappa shape index (κ3) is 4.93. The zero-order chi connectivity index (χ0) is 30.2. The number of ketones is 2. The predicted molar refractivity (Wildman–Crippen MR) is 159 cm³/mol. The molecule has 0 radical (unpaired) electrons. The van der Waals surface area contributed by atoms with Gasteiger partial charge in [-0.2, -0.15) is 5.26 Å². The lowest BCUT2D eigenvalue weighted by Gasteiger charge is -2.68. The van der Waals surface area contributed by atoms with Crippen molar-refractivity contribution in [3.63, 3.8) is 0 Å². The SMILES string of the molecule is CC1C(=O)CC2[C@@]3(C)C=C(C#N)C(=O)C(C)(C)C3CC[C@@]2(C)[C@]1(C)CCC1(CNS(C)(=O)=O)CCC(C)(C)CC1. The Balaban J connectivity index is 1.73. The summed E-state index contributed by atoms with van der Waals surface area (Å²) >= 11 is 0. The molecule has 0 aliphatic heterocycles. The molecule has 6 atom stereocenters. The molecule has 0 bridgehead atoms. The summed E-state index contributed by atoms with van der Waals surface area (Å²) in [5.41, 5.74) is -1.12. The van der Waals surface area contributed by atoms with Gasteiger partial charge in [-0.3, -0.25) is 9.59 Å². The molecule has 6 nitrogen and oxygen atoms in total. The molecule has 0 heterocycles. The molecular formula is C33H52N2O4S. The van der Waals surface area contributed by atoms with Crippen molar-refractivity contribution in [2.45, 2.75) is 113 Å². The third-order valence-electron chi connectivity index (χ3n) is 13.2. The number of carbonyl (C=O) groups excluding carboxylic acids is 2. The standard InChI is InChI=1S/C33H52N2O4S/c1-22-24(36)18-26-30(6)19-23(20-34)27(37)29(4,5)25(30)10-11-32(26,8)31(22,7)14-17-33(21-35-40(9,38)39)15-12-28(2,3)13-16-33/h19,22,25-26,35H,10-18,21H2,1-9H3/t22?,25?,26?,30-,31+,32+/m0/s1. The van der Waals surface area contributed by atoms with E-state index in [0.717, 1.165) is 51.4 Å². The second kappa shape index (κ2) is 9.76. The first-order chi connectivity index (χ1) is 18.2. The Morgan fingerprint density at radius 1 is 0.950 bits per heavy atom. The van der Waals surface area contributed by atoms with Gasteiger partial charge in [-0.15, -0.1) is 0 Å². The number of fused-ring (bicyclic) bond motifs is 3. The maximum Gasteiger partial charge on any atom is 0.208 e. The molecule has 0 spiro atoms. The lowest BCUT2D eigenvalue weighted by atomic mass is 9.35. The number of carbonyl (C=O) groups is 2. The van der Waals surface area contributed by atoms with Crippen molar-refractivity contribution >= 4 is 21.6 Å². The topological polar surface area (TPSA) is 104 Å². The van der Waals surface area contributed by atoms with Crippen LogP contribution >= 0.6 is 0 Å². The first-order valence-corrected chi connectivity index (χ1v) is 17.2. The quantitative estimate of drug-likeness (QED) is 0.385. The van der Waals surface area contributed by atoms with Gasteiger partial charge in [-0.25, -0.2) is 13.1 Å². The minimum Gasteiger partial charge on any atom is -0.299 e. The number of nitriles is 1. The molecule has 0 aromatic carbocycles. The molecule has 0 aromatic rings. The highest BCUT2D eigenvalue weighted by Gasteiger charge is 2.67. The molecule has 3 unspecified atom stereocenters. The van der Waals surface area contributed by atoms with E-state index in [4.69, 9.17) is 0 Å². The van der Waals surface area contributed by atoms with Crippen molar-refractivity contribution in [2.24, 2.45) is 50.2 Å². The van der Waals surface area contributed by atoms with E-state index in [1.165, 1.54) is 6.26 Å². The molecule has 7 heteroatoms. The molecule has 4 aliphatic carbocycles. The van der Waals surface area contributed by atoms with Crippen LogP contribution < -0.4 is 4.72 Å². The van der Waals surface area contributed by atoms with Gasteiger partial charge in [0.15, 0.2) is 5.78 Å². The zero-order valence-electron chi connectivity index (χ0n) is 26.4. The van der Waals surface area contributed by atoms with Crippen LogP contribution in [0.3, 0.4) is 0 Å². The number of Topliss-reactive ketones (excluding diaryl/α,β-unsaturated/α-hetero) is 2. The molecule has 224 valence electrons. The number of hydrogen-bond donors (Lipinski definition) is 1. The number of sulfonamides is 1. The van der Waals surface area contributed by atoms with Gasteiger partial charge in [-0.1, -0.05) is 61.5 Å². The first kappa shape index (κ1) is 31.4. The Morgan fingerprint density at radius 2 is 1.55 bits per heavy atom. The summed E-state index contributed by atoms with van der Waals surface area (Å²) in [6.45, 7) is 18.0. The van der Waals surface area contributed by atoms with E-state index in [1.54, 1.807) is 0 Å². The van der Waals surface area contributed by atoms with Gasteiger partial charge in [-0.05, 0) is 90.3 Å². The highest BCUT2D eigenvalue weighted by Crippen LogP contribution is 2.71. The zero-order valence-corrected chi connectivity index (χ0v) is 27.2. The second-order valence-electron chi connectivity index (χ2n) is 16.2. The fourth-order valence-electron chi connectivity index (χ4n) is 9.80. The van der Waals surface area contributed by atoms with Crippen molar-refractivity contribution in [3.05, 3.63) is 11.6 Å². The Hall–Kier alpha value is -1.52. The van der Waals surface area contributed by atoms with E-state index < -0.39 is 20.9 Å². The molecule has 0 saturated heterocycles. The van der Waals surface area contributed by atoms with Gasteiger partial charge in [0, 0.05) is 24.3 Å². The van der Waals surface area contributed by atoms with Gasteiger partial charge in [0.25, 0.3) is 0 Å². The van der Waals surface area contributed by atoms with E-state index in [9.17, 15) is 23.3 Å². The summed E-state index contributed by atoms with van der Waals surface area (Å²) < 4.78 is 27.1. The Labute approximate surface area is 243 Å². The van der Waals surface area contributed by atoms with E-state index in [-0.39, 0.29) is 56.6 Å². The van der Waals surface area contributed by atoms with Crippen molar-refractivity contribution in [1.82, 2.24) is 4.72 Å². The van der Waals surface area contributed by atoms with Crippen molar-refractivity contribution < 1.29 is 18.0 Å². The molecule has 3 fully saturated rings. The van der Waals surface area contributed by atoms with Crippen LogP contribution in [0.1, 0.15) is 113 Å². The normalized spacial score (nSPS) is 40.4. The van der Waals surface area contributed by atoms with Crippen LogP contribution in [0.4, 0.5) is 0 Å². The summed E-state index contributed by atoms with van der Waals surface area (Å²) in [6, 6.07) is 2.19. The summed E-state index contributed by atoms with van der Waals surface area (Å²) in [7, 11) is -3.31. The number of nitrogens with zero attached hydrogens (tertiary/aromatic N) is 1.